The summed E-state index contributed by atoms with van der Waals surface area (Å²) in [7, 11) is 0. The van der Waals surface area contributed by atoms with Crippen LogP contribution in [-0.2, 0) is 11.3 Å². The Kier molecular flexibility index (Phi) is 5.99. The Hall–Kier alpha value is -1.99. The van der Waals surface area contributed by atoms with Crippen molar-refractivity contribution in [3.63, 3.8) is 0 Å². The molecule has 2 aliphatic rings. The van der Waals surface area contributed by atoms with Gasteiger partial charge in [0, 0.05) is 30.6 Å². The number of hydrogen-bond acceptors (Lipinski definition) is 5. The van der Waals surface area contributed by atoms with Gasteiger partial charge in [-0.25, -0.2) is 9.67 Å². The minimum atomic E-state index is 0.113. The molecule has 7 heteroatoms. The molecule has 146 valence electrons. The first-order valence-corrected chi connectivity index (χ1v) is 10.3. The molecule has 2 aromatic heterocycles. The summed E-state index contributed by atoms with van der Waals surface area (Å²) >= 11 is 0. The van der Waals surface area contributed by atoms with E-state index in [9.17, 15) is 4.79 Å². The van der Waals surface area contributed by atoms with Crippen LogP contribution in [0.4, 0.5) is 0 Å². The lowest BCUT2D eigenvalue weighted by Gasteiger charge is -2.18. The number of pyridine rings is 1. The van der Waals surface area contributed by atoms with Crippen molar-refractivity contribution < 1.29 is 4.79 Å². The predicted molar refractivity (Wildman–Crippen MR) is 106 cm³/mol. The molecule has 1 unspecified atom stereocenters. The van der Waals surface area contributed by atoms with E-state index >= 15 is 0 Å². The number of nitrogens with zero attached hydrogens (tertiary/aromatic N) is 4. The number of amides is 1. The molecule has 2 fully saturated rings. The van der Waals surface area contributed by atoms with Crippen LogP contribution >= 0.6 is 0 Å². The van der Waals surface area contributed by atoms with E-state index in [1.807, 2.05) is 16.9 Å². The molecular formula is C20H30N6O. The zero-order valence-electron chi connectivity index (χ0n) is 16.0. The van der Waals surface area contributed by atoms with Gasteiger partial charge in [-0.15, -0.1) is 0 Å². The van der Waals surface area contributed by atoms with Crippen molar-refractivity contribution >= 4 is 16.9 Å². The first kappa shape index (κ1) is 18.4. The fourth-order valence-corrected chi connectivity index (χ4v) is 4.23. The van der Waals surface area contributed by atoms with Crippen molar-refractivity contribution in [1.29, 1.82) is 0 Å². The molecule has 2 aromatic rings. The maximum absolute atomic E-state index is 12.3. The van der Waals surface area contributed by atoms with Crippen LogP contribution in [0.1, 0.15) is 43.7 Å². The molecular weight excluding hydrogens is 340 g/mol. The highest BCUT2D eigenvalue weighted by molar-refractivity contribution is 5.79. The summed E-state index contributed by atoms with van der Waals surface area (Å²) in [5.74, 6) is 0.567. The Morgan fingerprint density at radius 1 is 1.26 bits per heavy atom. The molecule has 2 N–H and O–H groups in total. The topological polar surface area (TPSA) is 75.1 Å². The number of carbonyl (C=O) groups excluding carboxylic acids is 1. The molecule has 1 atom stereocenters. The zero-order valence-corrected chi connectivity index (χ0v) is 16.0. The van der Waals surface area contributed by atoms with Gasteiger partial charge in [-0.3, -0.25) is 9.69 Å². The molecule has 0 spiro atoms. The van der Waals surface area contributed by atoms with Crippen LogP contribution in [0.3, 0.4) is 0 Å². The van der Waals surface area contributed by atoms with Crippen LogP contribution in [0, 0.1) is 0 Å². The van der Waals surface area contributed by atoms with E-state index < -0.39 is 0 Å². The second-order valence-electron chi connectivity index (χ2n) is 7.71. The maximum atomic E-state index is 12.3. The Morgan fingerprint density at radius 2 is 2.11 bits per heavy atom. The second kappa shape index (κ2) is 8.80. The summed E-state index contributed by atoms with van der Waals surface area (Å²) in [6.07, 6.45) is 7.92. The summed E-state index contributed by atoms with van der Waals surface area (Å²) in [6.45, 7) is 5.86. The second-order valence-corrected chi connectivity index (χ2v) is 7.71. The van der Waals surface area contributed by atoms with Gasteiger partial charge in [0.1, 0.15) is 0 Å². The number of likely N-dealkylation sites (tertiary alicyclic amines) is 1. The molecule has 0 aromatic carbocycles. The number of aromatic nitrogens is 3. The normalized spacial score (nSPS) is 21.4. The number of carbonyl (C=O) groups is 1. The lowest BCUT2D eigenvalue weighted by atomic mass is 10.0. The van der Waals surface area contributed by atoms with Gasteiger partial charge >= 0.3 is 0 Å². The molecule has 0 radical (unpaired) electrons. The van der Waals surface area contributed by atoms with Crippen LogP contribution in [0.2, 0.25) is 0 Å². The molecule has 7 nitrogen and oxygen atoms in total. The third-order valence-electron chi connectivity index (χ3n) is 5.69. The van der Waals surface area contributed by atoms with Gasteiger partial charge in [-0.1, -0.05) is 12.8 Å². The fraction of sp³-hybridized carbons (Fsp3) is 0.650. The number of fused-ring (bicyclic) bond motifs is 1. The smallest absolute Gasteiger partial charge is 0.234 e. The molecule has 4 heterocycles. The summed E-state index contributed by atoms with van der Waals surface area (Å²) < 4.78 is 1.95. The van der Waals surface area contributed by atoms with Gasteiger partial charge in [0.25, 0.3) is 0 Å². The van der Waals surface area contributed by atoms with E-state index in [4.69, 9.17) is 5.10 Å². The van der Waals surface area contributed by atoms with Crippen LogP contribution in [0.5, 0.6) is 0 Å². The van der Waals surface area contributed by atoms with Crippen molar-refractivity contribution in [2.45, 2.75) is 44.6 Å². The van der Waals surface area contributed by atoms with Gasteiger partial charge in [0.2, 0.25) is 5.91 Å². The van der Waals surface area contributed by atoms with Gasteiger partial charge in [0.15, 0.2) is 5.65 Å². The standard InChI is InChI=1S/C20H30N6O/c27-18(15-25-11-3-1-2-4-12-25)22-10-13-26-20-17(6-5-8-23-20)19(24-26)16-7-9-21-14-16/h5-6,8,16,21H,1-4,7,9-15H2,(H,22,27). The first-order valence-electron chi connectivity index (χ1n) is 10.3. The Balaban J connectivity index is 1.35. The molecule has 0 saturated carbocycles. The van der Waals surface area contributed by atoms with Crippen molar-refractivity contribution in [2.75, 3.05) is 39.3 Å². The van der Waals surface area contributed by atoms with E-state index in [1.54, 1.807) is 0 Å². The summed E-state index contributed by atoms with van der Waals surface area (Å²) in [5, 5.41) is 12.5. The van der Waals surface area contributed by atoms with Crippen LogP contribution in [0.25, 0.3) is 11.0 Å². The average molecular weight is 371 g/mol. The zero-order chi connectivity index (χ0) is 18.5. The maximum Gasteiger partial charge on any atom is 0.234 e. The molecule has 2 saturated heterocycles. The highest BCUT2D eigenvalue weighted by Gasteiger charge is 2.23. The summed E-state index contributed by atoms with van der Waals surface area (Å²) in [6, 6.07) is 4.08. The summed E-state index contributed by atoms with van der Waals surface area (Å²) in [5.41, 5.74) is 2.06. The Bertz CT molecular complexity index is 759. The number of rotatable bonds is 6. The van der Waals surface area contributed by atoms with E-state index in [0.29, 0.717) is 25.6 Å². The van der Waals surface area contributed by atoms with Crippen molar-refractivity contribution in [2.24, 2.45) is 0 Å². The minimum Gasteiger partial charge on any atom is -0.353 e. The van der Waals surface area contributed by atoms with Crippen LogP contribution in [0.15, 0.2) is 18.3 Å². The van der Waals surface area contributed by atoms with Crippen LogP contribution < -0.4 is 10.6 Å². The monoisotopic (exact) mass is 370 g/mol. The van der Waals surface area contributed by atoms with Crippen molar-refractivity contribution in [3.05, 3.63) is 24.0 Å². The molecule has 4 rings (SSSR count). The lowest BCUT2D eigenvalue weighted by molar-refractivity contribution is -0.122. The fourth-order valence-electron chi connectivity index (χ4n) is 4.23. The lowest BCUT2D eigenvalue weighted by Crippen LogP contribution is -2.38. The Morgan fingerprint density at radius 3 is 2.89 bits per heavy atom. The van der Waals surface area contributed by atoms with Crippen LogP contribution in [-0.4, -0.2) is 64.8 Å². The number of nitrogens with one attached hydrogen (secondary N) is 2. The van der Waals surface area contributed by atoms with E-state index in [0.717, 1.165) is 49.3 Å². The third-order valence-corrected chi connectivity index (χ3v) is 5.69. The van der Waals surface area contributed by atoms with E-state index in [2.05, 4.69) is 26.6 Å². The SMILES string of the molecule is O=C(CN1CCCCCC1)NCCn1nc(C2CCNC2)c2cccnc21. The molecule has 0 aliphatic carbocycles. The van der Waals surface area contributed by atoms with Gasteiger partial charge in [0.05, 0.1) is 18.8 Å². The predicted octanol–water partition coefficient (Wildman–Crippen LogP) is 1.50. The average Bonchev–Trinajstić information content (AvgIpc) is 3.25. The quantitative estimate of drug-likeness (QED) is 0.806. The van der Waals surface area contributed by atoms with Gasteiger partial charge in [-0.05, 0) is 51.0 Å². The van der Waals surface area contributed by atoms with Crippen molar-refractivity contribution in [3.8, 4) is 0 Å². The van der Waals surface area contributed by atoms with Gasteiger partial charge in [-0.2, -0.15) is 5.10 Å². The van der Waals surface area contributed by atoms with Gasteiger partial charge < -0.3 is 10.6 Å². The first-order chi connectivity index (χ1) is 13.3. The highest BCUT2D eigenvalue weighted by Crippen LogP contribution is 2.27. The number of hydrogen-bond donors (Lipinski definition) is 2. The largest absolute Gasteiger partial charge is 0.353 e. The summed E-state index contributed by atoms with van der Waals surface area (Å²) in [4.78, 5) is 19.1. The highest BCUT2D eigenvalue weighted by atomic mass is 16.2. The van der Waals surface area contributed by atoms with E-state index in [1.165, 1.54) is 25.7 Å². The Labute approximate surface area is 160 Å². The van der Waals surface area contributed by atoms with Crippen molar-refractivity contribution in [1.82, 2.24) is 30.3 Å². The molecule has 2 aliphatic heterocycles. The van der Waals surface area contributed by atoms with E-state index in [-0.39, 0.29) is 5.91 Å². The minimum absolute atomic E-state index is 0.113. The molecule has 0 bridgehead atoms. The molecule has 27 heavy (non-hydrogen) atoms. The molecule has 1 amide bonds. The third kappa shape index (κ3) is 4.47.